The molecule has 0 heterocycles. The third kappa shape index (κ3) is 5.63. The molecule has 0 saturated heterocycles. The van der Waals surface area contributed by atoms with Crippen LogP contribution in [0, 0.1) is 5.82 Å². The number of rotatable bonds is 9. The van der Waals surface area contributed by atoms with Gasteiger partial charge in [-0.25, -0.2) is 12.8 Å². The number of benzene rings is 1. The molecule has 0 bridgehead atoms. The van der Waals surface area contributed by atoms with Crippen LogP contribution in [0.1, 0.15) is 38.3 Å². The summed E-state index contributed by atoms with van der Waals surface area (Å²) in [5, 5.41) is 3.27. The van der Waals surface area contributed by atoms with Gasteiger partial charge in [-0.1, -0.05) is 19.9 Å². The predicted molar refractivity (Wildman–Crippen MR) is 82.9 cm³/mol. The van der Waals surface area contributed by atoms with E-state index in [1.807, 2.05) is 13.0 Å². The van der Waals surface area contributed by atoms with Crippen LogP contribution in [-0.2, 0) is 9.84 Å². The first-order valence-electron chi connectivity index (χ1n) is 7.20. The average molecular weight is 317 g/mol. The highest BCUT2D eigenvalue weighted by Gasteiger charge is 2.15. The van der Waals surface area contributed by atoms with Crippen molar-refractivity contribution in [2.24, 2.45) is 0 Å². The Morgan fingerprint density at radius 3 is 2.57 bits per heavy atom. The Balaban J connectivity index is 2.75. The molecule has 1 atom stereocenters. The van der Waals surface area contributed by atoms with Gasteiger partial charge in [0.2, 0.25) is 0 Å². The van der Waals surface area contributed by atoms with E-state index in [1.165, 1.54) is 13.2 Å². The second-order valence-corrected chi connectivity index (χ2v) is 7.36. The van der Waals surface area contributed by atoms with Crippen molar-refractivity contribution >= 4 is 9.84 Å². The van der Waals surface area contributed by atoms with Crippen LogP contribution in [0.3, 0.4) is 0 Å². The Hall–Kier alpha value is -1.14. The number of hydrogen-bond acceptors (Lipinski definition) is 4. The van der Waals surface area contributed by atoms with Crippen LogP contribution >= 0.6 is 0 Å². The Morgan fingerprint density at radius 1 is 1.33 bits per heavy atom. The van der Waals surface area contributed by atoms with Crippen molar-refractivity contribution in [1.29, 1.82) is 0 Å². The minimum Gasteiger partial charge on any atom is -0.494 e. The van der Waals surface area contributed by atoms with Crippen LogP contribution < -0.4 is 10.1 Å². The number of methoxy groups -OCH3 is 1. The standard InChI is InChI=1S/C15H24FNO3S/c1-4-17-14(7-6-10-21(18,19)5-2)12-8-9-15(20-3)13(16)11-12/h8-9,11,14,17H,4-7,10H2,1-3H3. The zero-order valence-electron chi connectivity index (χ0n) is 12.9. The van der Waals surface area contributed by atoms with Crippen LogP contribution in [0.25, 0.3) is 0 Å². The van der Waals surface area contributed by atoms with Crippen molar-refractivity contribution in [2.45, 2.75) is 32.7 Å². The Morgan fingerprint density at radius 2 is 2.05 bits per heavy atom. The Labute approximate surface area is 126 Å². The van der Waals surface area contributed by atoms with E-state index in [9.17, 15) is 12.8 Å². The summed E-state index contributed by atoms with van der Waals surface area (Å²) in [7, 11) is -1.53. The van der Waals surface area contributed by atoms with E-state index in [2.05, 4.69) is 5.32 Å². The molecule has 0 aromatic heterocycles. The average Bonchev–Trinajstić information content (AvgIpc) is 2.46. The van der Waals surface area contributed by atoms with E-state index >= 15 is 0 Å². The normalized spacial score (nSPS) is 13.1. The molecular weight excluding hydrogens is 293 g/mol. The molecular formula is C15H24FNO3S. The zero-order chi connectivity index (χ0) is 15.9. The van der Waals surface area contributed by atoms with Gasteiger partial charge in [0, 0.05) is 11.8 Å². The first-order chi connectivity index (χ1) is 9.93. The van der Waals surface area contributed by atoms with Crippen LogP contribution in [-0.4, -0.2) is 33.6 Å². The maximum absolute atomic E-state index is 13.8. The molecule has 0 fully saturated rings. The molecule has 0 aliphatic rings. The molecule has 0 aliphatic carbocycles. The maximum Gasteiger partial charge on any atom is 0.165 e. The van der Waals surface area contributed by atoms with Crippen LogP contribution in [0.5, 0.6) is 5.75 Å². The number of halogens is 1. The molecule has 4 nitrogen and oxygen atoms in total. The number of sulfone groups is 1. The molecule has 21 heavy (non-hydrogen) atoms. The molecule has 1 N–H and O–H groups in total. The lowest BCUT2D eigenvalue weighted by molar-refractivity contribution is 0.385. The minimum atomic E-state index is -2.95. The second-order valence-electron chi connectivity index (χ2n) is 4.88. The van der Waals surface area contributed by atoms with Gasteiger partial charge >= 0.3 is 0 Å². The molecule has 0 aliphatic heterocycles. The summed E-state index contributed by atoms with van der Waals surface area (Å²) in [6.45, 7) is 4.35. The predicted octanol–water partition coefficient (Wildman–Crippen LogP) is 2.70. The fraction of sp³-hybridized carbons (Fsp3) is 0.600. The molecule has 0 spiro atoms. The first-order valence-corrected chi connectivity index (χ1v) is 9.02. The minimum absolute atomic E-state index is 0.0533. The summed E-state index contributed by atoms with van der Waals surface area (Å²) >= 11 is 0. The van der Waals surface area contributed by atoms with E-state index in [4.69, 9.17) is 4.74 Å². The van der Waals surface area contributed by atoms with E-state index in [0.717, 1.165) is 12.1 Å². The van der Waals surface area contributed by atoms with Gasteiger partial charge in [-0.2, -0.15) is 0 Å². The molecule has 0 radical (unpaired) electrons. The van der Waals surface area contributed by atoms with Gasteiger partial charge in [-0.3, -0.25) is 0 Å². The molecule has 0 amide bonds. The molecule has 6 heteroatoms. The topological polar surface area (TPSA) is 55.4 Å². The van der Waals surface area contributed by atoms with E-state index in [1.54, 1.807) is 13.0 Å². The largest absolute Gasteiger partial charge is 0.494 e. The highest BCUT2D eigenvalue weighted by Crippen LogP contribution is 2.24. The van der Waals surface area contributed by atoms with Gasteiger partial charge < -0.3 is 10.1 Å². The lowest BCUT2D eigenvalue weighted by atomic mass is 10.0. The monoisotopic (exact) mass is 317 g/mol. The molecule has 120 valence electrons. The van der Waals surface area contributed by atoms with Crippen molar-refractivity contribution in [3.05, 3.63) is 29.6 Å². The fourth-order valence-corrected chi connectivity index (χ4v) is 3.08. The second kappa shape index (κ2) is 8.34. The first kappa shape index (κ1) is 17.9. The third-order valence-corrected chi connectivity index (χ3v) is 5.21. The highest BCUT2D eigenvalue weighted by molar-refractivity contribution is 7.91. The van der Waals surface area contributed by atoms with Crippen LogP contribution in [0.2, 0.25) is 0 Å². The summed E-state index contributed by atoms with van der Waals surface area (Å²) in [5.74, 6) is 0.140. The van der Waals surface area contributed by atoms with Gasteiger partial charge in [-0.15, -0.1) is 0 Å². The van der Waals surface area contributed by atoms with Crippen molar-refractivity contribution in [3.8, 4) is 5.75 Å². The van der Waals surface area contributed by atoms with E-state index in [-0.39, 0.29) is 23.3 Å². The van der Waals surface area contributed by atoms with Crippen molar-refractivity contribution in [1.82, 2.24) is 5.32 Å². The SMILES string of the molecule is CCNC(CCCS(=O)(=O)CC)c1ccc(OC)c(F)c1. The summed E-state index contributed by atoms with van der Waals surface area (Å²) < 4.78 is 41.7. The Kier molecular flexibility index (Phi) is 7.11. The van der Waals surface area contributed by atoms with E-state index in [0.29, 0.717) is 12.8 Å². The lowest BCUT2D eigenvalue weighted by Crippen LogP contribution is -2.22. The molecule has 1 unspecified atom stereocenters. The van der Waals surface area contributed by atoms with Gasteiger partial charge in [-0.05, 0) is 37.1 Å². The van der Waals surface area contributed by atoms with Crippen molar-refractivity contribution < 1.29 is 17.5 Å². The summed E-state index contributed by atoms with van der Waals surface area (Å²) in [6, 6.07) is 4.80. The van der Waals surface area contributed by atoms with Crippen LogP contribution in [0.15, 0.2) is 18.2 Å². The summed E-state index contributed by atoms with van der Waals surface area (Å²) in [6.07, 6.45) is 1.21. The van der Waals surface area contributed by atoms with Gasteiger partial charge in [0.05, 0.1) is 12.9 Å². The number of hydrogen-bond donors (Lipinski definition) is 1. The smallest absolute Gasteiger partial charge is 0.165 e. The lowest BCUT2D eigenvalue weighted by Gasteiger charge is -2.19. The number of nitrogens with one attached hydrogen (secondary N) is 1. The molecule has 1 aromatic carbocycles. The summed E-state index contributed by atoms with van der Waals surface area (Å²) in [5.41, 5.74) is 0.809. The van der Waals surface area contributed by atoms with Gasteiger partial charge in [0.15, 0.2) is 11.6 Å². The third-order valence-electron chi connectivity index (χ3n) is 3.42. The molecule has 1 rings (SSSR count). The highest BCUT2D eigenvalue weighted by atomic mass is 32.2. The van der Waals surface area contributed by atoms with Crippen molar-refractivity contribution in [3.63, 3.8) is 0 Å². The number of ether oxygens (including phenoxy) is 1. The maximum atomic E-state index is 13.8. The van der Waals surface area contributed by atoms with Gasteiger partial charge in [0.1, 0.15) is 9.84 Å². The van der Waals surface area contributed by atoms with Crippen molar-refractivity contribution in [2.75, 3.05) is 25.2 Å². The molecule has 0 saturated carbocycles. The fourth-order valence-electron chi connectivity index (χ4n) is 2.18. The van der Waals surface area contributed by atoms with E-state index < -0.39 is 15.7 Å². The quantitative estimate of drug-likeness (QED) is 0.761. The van der Waals surface area contributed by atoms with Crippen LogP contribution in [0.4, 0.5) is 4.39 Å². The zero-order valence-corrected chi connectivity index (χ0v) is 13.7. The summed E-state index contributed by atoms with van der Waals surface area (Å²) in [4.78, 5) is 0. The Bertz CT molecular complexity index is 546. The molecule has 1 aromatic rings. The van der Waals surface area contributed by atoms with Gasteiger partial charge in [0.25, 0.3) is 0 Å².